The van der Waals surface area contributed by atoms with Crippen molar-refractivity contribution >= 4 is 5.91 Å². The molecule has 0 unspecified atom stereocenters. The van der Waals surface area contributed by atoms with E-state index in [0.717, 1.165) is 17.7 Å². The lowest BCUT2D eigenvalue weighted by Crippen LogP contribution is -2.39. The van der Waals surface area contributed by atoms with Crippen molar-refractivity contribution in [2.75, 3.05) is 0 Å². The van der Waals surface area contributed by atoms with Gasteiger partial charge < -0.3 is 10.1 Å². The van der Waals surface area contributed by atoms with Crippen LogP contribution in [0.5, 0.6) is 5.75 Å². The van der Waals surface area contributed by atoms with Crippen LogP contribution < -0.4 is 10.1 Å². The summed E-state index contributed by atoms with van der Waals surface area (Å²) in [5, 5.41) is 3.08. The maximum atomic E-state index is 12.7. The Kier molecular flexibility index (Phi) is 7.06. The molecule has 0 saturated heterocycles. The zero-order valence-electron chi connectivity index (χ0n) is 17.5. The van der Waals surface area contributed by atoms with Gasteiger partial charge >= 0.3 is 0 Å². The molecular weight excluding hydrogens is 334 g/mol. The second kappa shape index (κ2) is 9.07. The predicted molar refractivity (Wildman–Crippen MR) is 112 cm³/mol. The molecule has 2 aromatic carbocycles. The average Bonchev–Trinajstić information content (AvgIpc) is 2.65. The van der Waals surface area contributed by atoms with Crippen LogP contribution in [0, 0.1) is 0 Å². The van der Waals surface area contributed by atoms with Crippen molar-refractivity contribution in [2.45, 2.75) is 71.9 Å². The number of benzene rings is 2. The fourth-order valence-corrected chi connectivity index (χ4v) is 2.95. The number of amides is 1. The predicted octanol–water partition coefficient (Wildman–Crippen LogP) is 5.58. The fraction of sp³-hybridized carbons (Fsp3) is 0.458. The van der Waals surface area contributed by atoms with Gasteiger partial charge in [-0.25, -0.2) is 0 Å². The van der Waals surface area contributed by atoms with E-state index in [1.165, 1.54) is 11.1 Å². The summed E-state index contributed by atoms with van der Waals surface area (Å²) in [6.45, 7) is 12.7. The van der Waals surface area contributed by atoms with E-state index in [2.05, 4.69) is 57.3 Å². The molecule has 0 aliphatic rings. The van der Waals surface area contributed by atoms with Crippen molar-refractivity contribution < 1.29 is 9.53 Å². The van der Waals surface area contributed by atoms with Gasteiger partial charge in [-0.2, -0.15) is 0 Å². The van der Waals surface area contributed by atoms with Crippen molar-refractivity contribution in [3.63, 3.8) is 0 Å². The molecule has 0 aliphatic heterocycles. The number of aryl methyl sites for hydroxylation is 1. The smallest absolute Gasteiger partial charge is 0.261 e. The molecule has 1 N–H and O–H groups in total. The molecule has 2 atom stereocenters. The minimum Gasteiger partial charge on any atom is -0.481 e. The number of rotatable bonds is 7. The highest BCUT2D eigenvalue weighted by atomic mass is 16.5. The molecule has 0 spiro atoms. The lowest BCUT2D eigenvalue weighted by Gasteiger charge is -2.22. The highest BCUT2D eigenvalue weighted by Gasteiger charge is 2.21. The van der Waals surface area contributed by atoms with Crippen molar-refractivity contribution in [1.29, 1.82) is 0 Å². The molecule has 3 nitrogen and oxygen atoms in total. The quantitative estimate of drug-likeness (QED) is 0.693. The highest BCUT2D eigenvalue weighted by Crippen LogP contribution is 2.24. The van der Waals surface area contributed by atoms with Crippen LogP contribution in [0.15, 0.2) is 48.5 Å². The van der Waals surface area contributed by atoms with Crippen LogP contribution in [0.1, 0.15) is 70.7 Å². The molecule has 0 fully saturated rings. The minimum atomic E-state index is -0.492. The van der Waals surface area contributed by atoms with Crippen molar-refractivity contribution in [2.24, 2.45) is 0 Å². The first-order chi connectivity index (χ1) is 12.7. The molecule has 0 radical (unpaired) electrons. The van der Waals surface area contributed by atoms with Crippen molar-refractivity contribution in [1.82, 2.24) is 5.32 Å². The molecule has 1 amide bonds. The van der Waals surface area contributed by atoms with Gasteiger partial charge in [-0.3, -0.25) is 4.79 Å². The van der Waals surface area contributed by atoms with E-state index in [4.69, 9.17) is 4.74 Å². The van der Waals surface area contributed by atoms with Gasteiger partial charge in [0.05, 0.1) is 6.04 Å². The lowest BCUT2D eigenvalue weighted by molar-refractivity contribution is -0.128. The summed E-state index contributed by atoms with van der Waals surface area (Å²) in [4.78, 5) is 12.7. The van der Waals surface area contributed by atoms with Gasteiger partial charge in [-0.1, -0.05) is 71.0 Å². The Morgan fingerprint density at radius 3 is 2.07 bits per heavy atom. The molecule has 2 rings (SSSR count). The van der Waals surface area contributed by atoms with Crippen LogP contribution in [-0.4, -0.2) is 12.0 Å². The number of carbonyl (C=O) groups excluding carboxylic acids is 1. The summed E-state index contributed by atoms with van der Waals surface area (Å²) < 4.78 is 5.91. The third-order valence-corrected chi connectivity index (χ3v) is 4.91. The molecule has 0 aliphatic carbocycles. The first-order valence-electron chi connectivity index (χ1n) is 9.91. The summed E-state index contributed by atoms with van der Waals surface area (Å²) in [6.07, 6.45) is 1.12. The van der Waals surface area contributed by atoms with Crippen LogP contribution in [0.25, 0.3) is 0 Å². The topological polar surface area (TPSA) is 38.3 Å². The average molecular weight is 368 g/mol. The van der Waals surface area contributed by atoms with E-state index < -0.39 is 6.10 Å². The molecule has 0 aromatic heterocycles. The lowest BCUT2D eigenvalue weighted by atomic mass is 9.86. The Hall–Kier alpha value is -2.29. The second-order valence-electron chi connectivity index (χ2n) is 8.11. The van der Waals surface area contributed by atoms with Gasteiger partial charge in [0, 0.05) is 0 Å². The first kappa shape index (κ1) is 21.0. The van der Waals surface area contributed by atoms with E-state index >= 15 is 0 Å². The Balaban J connectivity index is 2.00. The summed E-state index contributed by atoms with van der Waals surface area (Å²) in [7, 11) is 0. The van der Waals surface area contributed by atoms with Gasteiger partial charge in [0.2, 0.25) is 0 Å². The molecule has 146 valence electrons. The first-order valence-corrected chi connectivity index (χ1v) is 9.91. The summed E-state index contributed by atoms with van der Waals surface area (Å²) in [5.41, 5.74) is 3.76. The van der Waals surface area contributed by atoms with E-state index in [1.807, 2.05) is 38.1 Å². The van der Waals surface area contributed by atoms with Gasteiger partial charge in [0.15, 0.2) is 6.10 Å². The van der Waals surface area contributed by atoms with Crippen LogP contribution in [0.4, 0.5) is 0 Å². The van der Waals surface area contributed by atoms with Gasteiger partial charge in [-0.05, 0) is 54.0 Å². The molecular formula is C24H33NO2. The zero-order valence-corrected chi connectivity index (χ0v) is 17.5. The Morgan fingerprint density at radius 2 is 1.59 bits per heavy atom. The van der Waals surface area contributed by atoms with Crippen molar-refractivity contribution in [3.8, 4) is 5.75 Å². The monoisotopic (exact) mass is 367 g/mol. The Bertz CT molecular complexity index is 726. The largest absolute Gasteiger partial charge is 0.481 e. The number of ether oxygens (including phenoxy) is 1. The SMILES string of the molecule is CCc1ccc(O[C@@H](CC)C(=O)N[C@H](C)c2ccc(C(C)(C)C)cc2)cc1. The van der Waals surface area contributed by atoms with Crippen LogP contribution in [0.2, 0.25) is 0 Å². The van der Waals surface area contributed by atoms with Gasteiger partial charge in [0.25, 0.3) is 5.91 Å². The third kappa shape index (κ3) is 5.85. The normalized spacial score (nSPS) is 13.7. The molecule has 3 heteroatoms. The highest BCUT2D eigenvalue weighted by molar-refractivity contribution is 5.81. The number of hydrogen-bond donors (Lipinski definition) is 1. The minimum absolute atomic E-state index is 0.0633. The summed E-state index contributed by atoms with van der Waals surface area (Å²) >= 11 is 0. The van der Waals surface area contributed by atoms with Crippen LogP contribution in [0.3, 0.4) is 0 Å². The summed E-state index contributed by atoms with van der Waals surface area (Å²) in [5.74, 6) is 0.654. The van der Waals surface area contributed by atoms with Crippen molar-refractivity contribution in [3.05, 3.63) is 65.2 Å². The zero-order chi connectivity index (χ0) is 20.0. The molecule has 27 heavy (non-hydrogen) atoms. The third-order valence-electron chi connectivity index (χ3n) is 4.91. The molecule has 0 bridgehead atoms. The Morgan fingerprint density at radius 1 is 1.00 bits per heavy atom. The van der Waals surface area contributed by atoms with E-state index in [-0.39, 0.29) is 17.4 Å². The molecule has 0 heterocycles. The van der Waals surface area contributed by atoms with E-state index in [0.29, 0.717) is 6.42 Å². The summed E-state index contributed by atoms with van der Waals surface area (Å²) in [6, 6.07) is 16.4. The van der Waals surface area contributed by atoms with Crippen LogP contribution >= 0.6 is 0 Å². The van der Waals surface area contributed by atoms with Crippen LogP contribution in [-0.2, 0) is 16.6 Å². The standard InChI is InChI=1S/C24H33NO2/c1-7-18-9-15-21(16-10-18)27-22(8-2)23(26)25-17(3)19-11-13-20(14-12-19)24(4,5)6/h9-17,22H,7-8H2,1-6H3,(H,25,26)/t17-,22+/m1/s1. The Labute approximate surface area is 164 Å². The molecule has 2 aromatic rings. The van der Waals surface area contributed by atoms with E-state index in [1.54, 1.807) is 0 Å². The van der Waals surface area contributed by atoms with Gasteiger partial charge in [0.1, 0.15) is 5.75 Å². The van der Waals surface area contributed by atoms with E-state index in [9.17, 15) is 4.79 Å². The number of nitrogens with one attached hydrogen (secondary N) is 1. The number of carbonyl (C=O) groups is 1. The fourth-order valence-electron chi connectivity index (χ4n) is 2.95. The molecule has 0 saturated carbocycles. The van der Waals surface area contributed by atoms with Gasteiger partial charge in [-0.15, -0.1) is 0 Å². The maximum Gasteiger partial charge on any atom is 0.261 e. The maximum absolute atomic E-state index is 12.7. The second-order valence-corrected chi connectivity index (χ2v) is 8.11. The number of hydrogen-bond acceptors (Lipinski definition) is 2.